The first-order valence-corrected chi connectivity index (χ1v) is 13.0. The van der Waals surface area contributed by atoms with Gasteiger partial charge in [0.1, 0.15) is 5.75 Å². The van der Waals surface area contributed by atoms with Crippen molar-refractivity contribution in [1.82, 2.24) is 4.98 Å². The summed E-state index contributed by atoms with van der Waals surface area (Å²) in [4.78, 5) is 32.9. The molecular weight excluding hydrogens is 490 g/mol. The van der Waals surface area contributed by atoms with E-state index in [1.807, 2.05) is 48.5 Å². The molecule has 36 heavy (non-hydrogen) atoms. The Balaban J connectivity index is 1.26. The number of rotatable bonds is 7. The molecule has 0 saturated carbocycles. The highest BCUT2D eigenvalue weighted by Crippen LogP contribution is 2.32. The summed E-state index contributed by atoms with van der Waals surface area (Å²) in [5.74, 6) is 0.248. The number of ketones is 1. The molecule has 0 spiro atoms. The zero-order valence-corrected chi connectivity index (χ0v) is 20.9. The minimum absolute atomic E-state index is 0.0141. The second-order valence-electron chi connectivity index (χ2n) is 8.08. The second kappa shape index (κ2) is 10.3. The van der Waals surface area contributed by atoms with Crippen LogP contribution in [0.4, 0.5) is 11.4 Å². The number of phenolic OH excluding ortho intramolecular Hbond substituents is 1. The lowest BCUT2D eigenvalue weighted by Gasteiger charge is -2.04. The predicted molar refractivity (Wildman–Crippen MR) is 148 cm³/mol. The summed E-state index contributed by atoms with van der Waals surface area (Å²) in [5, 5.41) is 15.2. The number of anilines is 1. The molecule has 8 heteroatoms. The summed E-state index contributed by atoms with van der Waals surface area (Å²) in [7, 11) is 0. The number of aliphatic imine (C=N–C) groups is 1. The van der Waals surface area contributed by atoms with Crippen LogP contribution in [0.5, 0.6) is 5.75 Å². The highest BCUT2D eigenvalue weighted by Gasteiger charge is 2.10. The maximum atomic E-state index is 12.4. The Bertz CT molecular complexity index is 1630. The van der Waals surface area contributed by atoms with Gasteiger partial charge in [-0.25, -0.2) is 4.98 Å². The standard InChI is InChI=1S/C28H21N3O3S2/c1-17(32)18-6-9-20(10-7-18)30-27(34)16-35-28-31-24-12-11-21(14-26(24)36-28)29-15-23-22-5-3-2-4-19(22)8-13-25(23)33/h2-15,33H,16H2,1H3,(H,30,34). The van der Waals surface area contributed by atoms with Crippen molar-refractivity contribution < 1.29 is 14.7 Å². The number of hydrogen-bond acceptors (Lipinski definition) is 7. The van der Waals surface area contributed by atoms with E-state index in [-0.39, 0.29) is 23.2 Å². The number of hydrogen-bond donors (Lipinski definition) is 2. The molecule has 0 aliphatic carbocycles. The van der Waals surface area contributed by atoms with E-state index >= 15 is 0 Å². The molecule has 0 fully saturated rings. The number of aromatic hydroxyl groups is 1. The molecule has 0 atom stereocenters. The van der Waals surface area contributed by atoms with Gasteiger partial charge in [-0.1, -0.05) is 42.1 Å². The second-order valence-corrected chi connectivity index (χ2v) is 10.3. The molecule has 0 unspecified atom stereocenters. The average Bonchev–Trinajstić information content (AvgIpc) is 3.29. The molecule has 5 rings (SSSR count). The van der Waals surface area contributed by atoms with E-state index in [1.165, 1.54) is 30.0 Å². The Morgan fingerprint density at radius 3 is 2.67 bits per heavy atom. The van der Waals surface area contributed by atoms with Gasteiger partial charge in [-0.2, -0.15) is 0 Å². The quantitative estimate of drug-likeness (QED) is 0.142. The molecule has 2 N–H and O–H groups in total. The summed E-state index contributed by atoms with van der Waals surface area (Å²) in [6.45, 7) is 1.51. The fraction of sp³-hybridized carbons (Fsp3) is 0.0714. The number of nitrogens with one attached hydrogen (secondary N) is 1. The Labute approximate surface area is 215 Å². The maximum absolute atomic E-state index is 12.4. The monoisotopic (exact) mass is 511 g/mol. The van der Waals surface area contributed by atoms with Gasteiger partial charge in [-0.15, -0.1) is 11.3 Å². The van der Waals surface area contributed by atoms with Crippen molar-refractivity contribution in [2.75, 3.05) is 11.1 Å². The highest BCUT2D eigenvalue weighted by molar-refractivity contribution is 8.01. The van der Waals surface area contributed by atoms with Crippen LogP contribution < -0.4 is 5.32 Å². The SMILES string of the molecule is CC(=O)c1ccc(NC(=O)CSc2nc3ccc(N=Cc4c(O)ccc5ccccc45)cc3s2)cc1. The van der Waals surface area contributed by atoms with Crippen molar-refractivity contribution >= 4 is 73.4 Å². The lowest BCUT2D eigenvalue weighted by molar-refractivity contribution is -0.113. The van der Waals surface area contributed by atoms with Gasteiger partial charge in [0.2, 0.25) is 5.91 Å². The lowest BCUT2D eigenvalue weighted by Crippen LogP contribution is -2.13. The van der Waals surface area contributed by atoms with Crippen molar-refractivity contribution in [2.45, 2.75) is 11.3 Å². The molecule has 6 nitrogen and oxygen atoms in total. The number of nitrogens with zero attached hydrogens (tertiary/aromatic N) is 2. The maximum Gasteiger partial charge on any atom is 0.234 e. The largest absolute Gasteiger partial charge is 0.507 e. The Hall–Kier alpha value is -4.01. The van der Waals surface area contributed by atoms with Crippen LogP contribution in [-0.2, 0) is 4.79 Å². The van der Waals surface area contributed by atoms with Gasteiger partial charge >= 0.3 is 0 Å². The number of thiazole rings is 1. The smallest absolute Gasteiger partial charge is 0.234 e. The number of Topliss-reactive ketones (excluding diaryl/α,β-unsaturated/α-hetero) is 1. The van der Waals surface area contributed by atoms with Crippen LogP contribution in [0.2, 0.25) is 0 Å². The number of thioether (sulfide) groups is 1. The van der Waals surface area contributed by atoms with Crippen molar-refractivity contribution in [2.24, 2.45) is 4.99 Å². The van der Waals surface area contributed by atoms with Gasteiger partial charge in [0.25, 0.3) is 0 Å². The number of fused-ring (bicyclic) bond motifs is 2. The summed E-state index contributed by atoms with van der Waals surface area (Å²) < 4.78 is 1.76. The van der Waals surface area contributed by atoms with Crippen molar-refractivity contribution in [3.05, 3.63) is 90.0 Å². The number of amides is 1. The Morgan fingerprint density at radius 2 is 1.86 bits per heavy atom. The molecule has 0 radical (unpaired) electrons. The molecule has 1 aromatic heterocycles. The fourth-order valence-electron chi connectivity index (χ4n) is 3.71. The summed E-state index contributed by atoms with van der Waals surface area (Å²) >= 11 is 2.87. The summed E-state index contributed by atoms with van der Waals surface area (Å²) in [5.41, 5.74) is 3.52. The Kier molecular flexibility index (Phi) is 6.79. The van der Waals surface area contributed by atoms with Crippen molar-refractivity contribution in [3.8, 4) is 5.75 Å². The minimum Gasteiger partial charge on any atom is -0.507 e. The number of benzene rings is 4. The zero-order chi connectivity index (χ0) is 25.1. The lowest BCUT2D eigenvalue weighted by atomic mass is 10.0. The molecule has 5 aromatic rings. The number of carbonyl (C=O) groups is 2. The minimum atomic E-state index is -0.144. The van der Waals surface area contributed by atoms with E-state index in [9.17, 15) is 14.7 Å². The van der Waals surface area contributed by atoms with Crippen LogP contribution in [0.1, 0.15) is 22.8 Å². The molecule has 4 aromatic carbocycles. The normalized spacial score (nSPS) is 11.4. The summed E-state index contributed by atoms with van der Waals surface area (Å²) in [6, 6.07) is 24.0. The van der Waals surface area contributed by atoms with Gasteiger partial charge in [0.15, 0.2) is 10.1 Å². The van der Waals surface area contributed by atoms with Crippen molar-refractivity contribution in [3.63, 3.8) is 0 Å². The molecule has 0 bridgehead atoms. The van der Waals surface area contributed by atoms with E-state index < -0.39 is 0 Å². The Morgan fingerprint density at radius 1 is 1.06 bits per heavy atom. The van der Waals surface area contributed by atoms with Crippen LogP contribution in [0.25, 0.3) is 21.0 Å². The molecular formula is C28H21N3O3S2. The van der Waals surface area contributed by atoms with E-state index in [4.69, 9.17) is 0 Å². The first-order chi connectivity index (χ1) is 17.5. The summed E-state index contributed by atoms with van der Waals surface area (Å²) in [6.07, 6.45) is 1.68. The van der Waals surface area contributed by atoms with Crippen molar-refractivity contribution in [1.29, 1.82) is 0 Å². The highest BCUT2D eigenvalue weighted by atomic mass is 32.2. The van der Waals surface area contributed by atoms with Gasteiger partial charge in [0.05, 0.1) is 21.7 Å². The van der Waals surface area contributed by atoms with Crippen LogP contribution in [-0.4, -0.2) is 33.7 Å². The van der Waals surface area contributed by atoms with E-state index in [0.717, 1.165) is 31.0 Å². The van der Waals surface area contributed by atoms with Gasteiger partial charge in [-0.3, -0.25) is 14.6 Å². The third-order valence-electron chi connectivity index (χ3n) is 5.54. The van der Waals surface area contributed by atoms with E-state index in [2.05, 4.69) is 15.3 Å². The number of aromatic nitrogens is 1. The third-order valence-corrected chi connectivity index (χ3v) is 7.71. The molecule has 0 aliphatic rings. The zero-order valence-electron chi connectivity index (χ0n) is 19.3. The topological polar surface area (TPSA) is 91.7 Å². The predicted octanol–water partition coefficient (Wildman–Crippen LogP) is 6.84. The van der Waals surface area contributed by atoms with Crippen LogP contribution >= 0.6 is 23.1 Å². The molecule has 0 saturated heterocycles. The van der Waals surface area contributed by atoms with E-state index in [0.29, 0.717) is 16.8 Å². The first-order valence-electron chi connectivity index (χ1n) is 11.2. The van der Waals surface area contributed by atoms with Crippen LogP contribution in [0.15, 0.2) is 88.2 Å². The van der Waals surface area contributed by atoms with Gasteiger partial charge < -0.3 is 10.4 Å². The number of carbonyl (C=O) groups excluding carboxylic acids is 2. The fourth-order valence-corrected chi connectivity index (χ4v) is 5.61. The molecule has 0 aliphatic heterocycles. The van der Waals surface area contributed by atoms with Crippen LogP contribution in [0.3, 0.4) is 0 Å². The van der Waals surface area contributed by atoms with Gasteiger partial charge in [0, 0.05) is 23.0 Å². The van der Waals surface area contributed by atoms with Crippen LogP contribution in [0, 0.1) is 0 Å². The number of phenols is 1. The van der Waals surface area contributed by atoms with Gasteiger partial charge in [-0.05, 0) is 66.2 Å². The van der Waals surface area contributed by atoms with E-state index in [1.54, 1.807) is 36.5 Å². The molecule has 178 valence electrons. The molecule has 1 amide bonds. The average molecular weight is 512 g/mol. The first kappa shape index (κ1) is 23.7. The third kappa shape index (κ3) is 5.30. The molecule has 1 heterocycles.